The topological polar surface area (TPSA) is 70.6 Å². The number of benzene rings is 1. The molecule has 0 saturated carbocycles. The monoisotopic (exact) mass is 365 g/mol. The number of thiazole rings is 1. The first kappa shape index (κ1) is 17.1. The molecular weight excluding hydrogens is 346 g/mol. The Kier molecular flexibility index (Phi) is 4.98. The lowest BCUT2D eigenvalue weighted by molar-refractivity contribution is 0.0764. The van der Waals surface area contributed by atoms with Gasteiger partial charge in [-0.25, -0.2) is 17.7 Å². The first-order valence-corrected chi connectivity index (χ1v) is 10.4. The van der Waals surface area contributed by atoms with E-state index in [0.29, 0.717) is 38.2 Å². The number of hydrogen-bond acceptors (Lipinski definition) is 5. The van der Waals surface area contributed by atoms with Gasteiger partial charge in [0, 0.05) is 48.9 Å². The van der Waals surface area contributed by atoms with Crippen molar-refractivity contribution in [1.82, 2.24) is 14.2 Å². The van der Waals surface area contributed by atoms with Gasteiger partial charge in [-0.05, 0) is 18.6 Å². The van der Waals surface area contributed by atoms with Gasteiger partial charge in [0.15, 0.2) is 0 Å². The van der Waals surface area contributed by atoms with Gasteiger partial charge in [-0.2, -0.15) is 0 Å². The molecule has 1 amide bonds. The number of carbonyl (C=O) groups is 1. The number of rotatable bonds is 3. The highest BCUT2D eigenvalue weighted by Gasteiger charge is 2.24. The van der Waals surface area contributed by atoms with E-state index in [9.17, 15) is 13.2 Å². The van der Waals surface area contributed by atoms with Crippen molar-refractivity contribution in [3.05, 3.63) is 41.4 Å². The Morgan fingerprint density at radius 1 is 1.12 bits per heavy atom. The molecule has 1 aliphatic rings. The Morgan fingerprint density at radius 2 is 1.88 bits per heavy atom. The third-order valence-corrected chi connectivity index (χ3v) is 6.15. The van der Waals surface area contributed by atoms with Crippen LogP contribution in [0.3, 0.4) is 0 Å². The van der Waals surface area contributed by atoms with Crippen molar-refractivity contribution in [2.45, 2.75) is 6.42 Å². The van der Waals surface area contributed by atoms with Crippen LogP contribution in [-0.4, -0.2) is 60.9 Å². The largest absolute Gasteiger partial charge is 0.337 e. The van der Waals surface area contributed by atoms with E-state index in [1.807, 2.05) is 17.5 Å². The summed E-state index contributed by atoms with van der Waals surface area (Å²) in [4.78, 5) is 18.6. The van der Waals surface area contributed by atoms with Crippen LogP contribution < -0.4 is 0 Å². The summed E-state index contributed by atoms with van der Waals surface area (Å²) in [6, 6.07) is 7.40. The Hall–Kier alpha value is -1.77. The lowest BCUT2D eigenvalue weighted by Gasteiger charge is -2.21. The molecule has 0 N–H and O–H groups in total. The van der Waals surface area contributed by atoms with E-state index in [0.717, 1.165) is 10.6 Å². The molecule has 0 unspecified atom stereocenters. The maximum atomic E-state index is 12.7. The Labute approximate surface area is 145 Å². The van der Waals surface area contributed by atoms with Crippen LogP contribution in [0.2, 0.25) is 0 Å². The summed E-state index contributed by atoms with van der Waals surface area (Å²) in [6.45, 7) is 1.80. The predicted molar refractivity (Wildman–Crippen MR) is 94.5 cm³/mol. The summed E-state index contributed by atoms with van der Waals surface area (Å²) in [6.07, 6.45) is 3.61. The Morgan fingerprint density at radius 3 is 2.50 bits per heavy atom. The fourth-order valence-corrected chi connectivity index (χ4v) is 4.25. The number of hydrogen-bond donors (Lipinski definition) is 0. The zero-order valence-corrected chi connectivity index (χ0v) is 15.0. The molecule has 6 nitrogen and oxygen atoms in total. The van der Waals surface area contributed by atoms with E-state index < -0.39 is 10.0 Å². The minimum absolute atomic E-state index is 0.0592. The molecule has 1 saturated heterocycles. The van der Waals surface area contributed by atoms with Crippen LogP contribution in [0.4, 0.5) is 0 Å². The number of aromatic nitrogens is 1. The fraction of sp³-hybridized carbons (Fsp3) is 0.375. The van der Waals surface area contributed by atoms with Crippen LogP contribution in [-0.2, 0) is 10.0 Å². The summed E-state index contributed by atoms with van der Waals surface area (Å²) in [5, 5.41) is 2.84. The summed E-state index contributed by atoms with van der Waals surface area (Å²) in [5.41, 5.74) is 1.60. The van der Waals surface area contributed by atoms with Crippen LogP contribution in [0.1, 0.15) is 16.8 Å². The Balaban J connectivity index is 1.70. The number of sulfonamides is 1. The minimum Gasteiger partial charge on any atom is -0.337 e. The van der Waals surface area contributed by atoms with E-state index in [2.05, 4.69) is 4.98 Å². The molecule has 24 heavy (non-hydrogen) atoms. The molecule has 1 aromatic carbocycles. The molecule has 1 aliphatic heterocycles. The molecule has 0 bridgehead atoms. The number of amides is 1. The molecule has 2 heterocycles. The van der Waals surface area contributed by atoms with E-state index in [1.54, 1.807) is 34.6 Å². The Bertz CT molecular complexity index is 802. The molecule has 1 aromatic heterocycles. The molecule has 1 fully saturated rings. The summed E-state index contributed by atoms with van der Waals surface area (Å²) >= 11 is 1.55. The molecule has 0 radical (unpaired) electrons. The number of carbonyl (C=O) groups excluding carboxylic acids is 1. The van der Waals surface area contributed by atoms with Crippen molar-refractivity contribution < 1.29 is 13.2 Å². The smallest absolute Gasteiger partial charge is 0.253 e. The molecule has 0 atom stereocenters. The van der Waals surface area contributed by atoms with Crippen molar-refractivity contribution in [3.63, 3.8) is 0 Å². The van der Waals surface area contributed by atoms with E-state index in [-0.39, 0.29) is 5.91 Å². The van der Waals surface area contributed by atoms with E-state index in [1.165, 1.54) is 10.6 Å². The van der Waals surface area contributed by atoms with Crippen molar-refractivity contribution in [3.8, 4) is 10.6 Å². The van der Waals surface area contributed by atoms with E-state index >= 15 is 0 Å². The van der Waals surface area contributed by atoms with Crippen molar-refractivity contribution in [2.75, 3.05) is 32.4 Å². The summed E-state index contributed by atoms with van der Waals surface area (Å²) < 4.78 is 24.7. The highest BCUT2D eigenvalue weighted by molar-refractivity contribution is 7.88. The lowest BCUT2D eigenvalue weighted by atomic mass is 10.1. The van der Waals surface area contributed by atoms with Gasteiger partial charge in [-0.15, -0.1) is 11.3 Å². The fourth-order valence-electron chi connectivity index (χ4n) is 2.73. The van der Waals surface area contributed by atoms with Crippen LogP contribution in [0.5, 0.6) is 0 Å². The molecule has 2 aromatic rings. The number of nitrogens with zero attached hydrogens (tertiary/aromatic N) is 3. The van der Waals surface area contributed by atoms with Gasteiger partial charge >= 0.3 is 0 Å². The normalized spacial score (nSPS) is 16.8. The second kappa shape index (κ2) is 7.00. The van der Waals surface area contributed by atoms with Gasteiger partial charge in [0.1, 0.15) is 5.01 Å². The van der Waals surface area contributed by atoms with Gasteiger partial charge in [-0.1, -0.05) is 12.1 Å². The second-order valence-electron chi connectivity index (χ2n) is 5.72. The molecule has 8 heteroatoms. The standard InChI is InChI=1S/C16H19N3O3S2/c1-24(21,22)19-9-2-8-18(10-11-19)16(20)14-5-3-13(4-6-14)15-17-7-12-23-15/h3-7,12H,2,8-11H2,1H3. The quantitative estimate of drug-likeness (QED) is 0.833. The maximum Gasteiger partial charge on any atom is 0.253 e. The first-order valence-electron chi connectivity index (χ1n) is 7.69. The van der Waals surface area contributed by atoms with Crippen LogP contribution >= 0.6 is 11.3 Å². The van der Waals surface area contributed by atoms with Crippen molar-refractivity contribution in [1.29, 1.82) is 0 Å². The van der Waals surface area contributed by atoms with Gasteiger partial charge < -0.3 is 4.90 Å². The highest BCUT2D eigenvalue weighted by atomic mass is 32.2. The average Bonchev–Trinajstić information content (AvgIpc) is 2.97. The molecule has 0 spiro atoms. The third kappa shape index (κ3) is 3.82. The SMILES string of the molecule is CS(=O)(=O)N1CCCN(C(=O)c2ccc(-c3nccs3)cc2)CC1. The van der Waals surface area contributed by atoms with Crippen molar-refractivity contribution in [2.24, 2.45) is 0 Å². The van der Waals surface area contributed by atoms with Crippen LogP contribution in [0.25, 0.3) is 10.6 Å². The highest BCUT2D eigenvalue weighted by Crippen LogP contribution is 2.22. The molecular formula is C16H19N3O3S2. The first-order chi connectivity index (χ1) is 11.4. The summed E-state index contributed by atoms with van der Waals surface area (Å²) in [5.74, 6) is -0.0592. The third-order valence-electron chi connectivity index (χ3n) is 4.02. The molecule has 3 rings (SSSR count). The van der Waals surface area contributed by atoms with Gasteiger partial charge in [0.25, 0.3) is 5.91 Å². The molecule has 0 aliphatic carbocycles. The van der Waals surface area contributed by atoms with Gasteiger partial charge in [0.05, 0.1) is 6.26 Å². The zero-order chi connectivity index (χ0) is 17.2. The average molecular weight is 365 g/mol. The zero-order valence-electron chi connectivity index (χ0n) is 13.4. The minimum atomic E-state index is -3.20. The van der Waals surface area contributed by atoms with Crippen LogP contribution in [0, 0.1) is 0 Å². The van der Waals surface area contributed by atoms with Crippen LogP contribution in [0.15, 0.2) is 35.8 Å². The van der Waals surface area contributed by atoms with Gasteiger partial charge in [0.2, 0.25) is 10.0 Å². The van der Waals surface area contributed by atoms with Crippen molar-refractivity contribution >= 4 is 27.3 Å². The van der Waals surface area contributed by atoms with E-state index in [4.69, 9.17) is 0 Å². The second-order valence-corrected chi connectivity index (χ2v) is 8.60. The predicted octanol–water partition coefficient (Wildman–Crippen LogP) is 1.92. The van der Waals surface area contributed by atoms with Gasteiger partial charge in [-0.3, -0.25) is 4.79 Å². The maximum absolute atomic E-state index is 12.7. The molecule has 128 valence electrons. The lowest BCUT2D eigenvalue weighted by Crippen LogP contribution is -2.36. The summed E-state index contributed by atoms with van der Waals surface area (Å²) in [7, 11) is -3.20.